The Kier molecular flexibility index (Phi) is 4.40. The van der Waals surface area contributed by atoms with Crippen molar-refractivity contribution in [2.24, 2.45) is 0 Å². The maximum atomic E-state index is 13.1. The van der Waals surface area contributed by atoms with E-state index in [1.807, 2.05) is 17.0 Å². The van der Waals surface area contributed by atoms with Gasteiger partial charge in [-0.2, -0.15) is 0 Å². The standard InChI is InChI=1S/C19H23FN4O2/c1-13-18(14(2)26-21-13)19(25)24-11-17(12-24)23-9-7-22(8-10-23)16-5-3-15(20)4-6-16/h3-6,17H,7-12H2,1-2H3. The smallest absolute Gasteiger partial charge is 0.259 e. The Morgan fingerprint density at radius 1 is 1.12 bits per heavy atom. The van der Waals surface area contributed by atoms with Gasteiger partial charge in [-0.05, 0) is 38.1 Å². The molecule has 0 radical (unpaired) electrons. The minimum atomic E-state index is -0.204. The lowest BCUT2D eigenvalue weighted by molar-refractivity contribution is 0.0245. The lowest BCUT2D eigenvalue weighted by Crippen LogP contribution is -2.64. The number of piperazine rings is 1. The van der Waals surface area contributed by atoms with E-state index in [4.69, 9.17) is 4.52 Å². The molecule has 0 unspecified atom stereocenters. The van der Waals surface area contributed by atoms with Gasteiger partial charge in [-0.1, -0.05) is 5.16 Å². The molecule has 2 fully saturated rings. The van der Waals surface area contributed by atoms with Crippen molar-refractivity contribution in [3.05, 3.63) is 47.1 Å². The number of aryl methyl sites for hydroxylation is 2. The van der Waals surface area contributed by atoms with Crippen LogP contribution in [0.4, 0.5) is 10.1 Å². The second-order valence-electron chi connectivity index (χ2n) is 7.06. The molecule has 0 N–H and O–H groups in total. The number of anilines is 1. The summed E-state index contributed by atoms with van der Waals surface area (Å²) in [5.41, 5.74) is 2.32. The van der Waals surface area contributed by atoms with Crippen molar-refractivity contribution in [2.75, 3.05) is 44.2 Å². The number of rotatable bonds is 3. The summed E-state index contributed by atoms with van der Waals surface area (Å²) in [6, 6.07) is 7.09. The van der Waals surface area contributed by atoms with Crippen LogP contribution in [0.3, 0.4) is 0 Å². The first kappa shape index (κ1) is 17.0. The molecule has 138 valence electrons. The van der Waals surface area contributed by atoms with Gasteiger partial charge in [0.25, 0.3) is 5.91 Å². The van der Waals surface area contributed by atoms with E-state index in [1.165, 1.54) is 12.1 Å². The second kappa shape index (κ2) is 6.72. The van der Waals surface area contributed by atoms with E-state index in [1.54, 1.807) is 13.8 Å². The van der Waals surface area contributed by atoms with Gasteiger partial charge in [0, 0.05) is 51.0 Å². The molecule has 0 bridgehead atoms. The molecule has 7 heteroatoms. The maximum absolute atomic E-state index is 13.1. The molecule has 2 aromatic rings. The summed E-state index contributed by atoms with van der Waals surface area (Å²) in [5.74, 6) is 0.399. The van der Waals surface area contributed by atoms with Crippen LogP contribution in [0.15, 0.2) is 28.8 Å². The highest BCUT2D eigenvalue weighted by molar-refractivity contribution is 5.96. The molecule has 1 amide bonds. The summed E-state index contributed by atoms with van der Waals surface area (Å²) >= 11 is 0. The molecule has 0 aliphatic carbocycles. The monoisotopic (exact) mass is 358 g/mol. The molecular formula is C19H23FN4O2. The van der Waals surface area contributed by atoms with Gasteiger partial charge in [0.15, 0.2) is 0 Å². The second-order valence-corrected chi connectivity index (χ2v) is 7.06. The third-order valence-electron chi connectivity index (χ3n) is 5.42. The zero-order chi connectivity index (χ0) is 18.3. The van der Waals surface area contributed by atoms with Crippen LogP contribution in [-0.2, 0) is 0 Å². The number of aromatic nitrogens is 1. The Morgan fingerprint density at radius 3 is 2.35 bits per heavy atom. The number of hydrogen-bond donors (Lipinski definition) is 0. The average molecular weight is 358 g/mol. The highest BCUT2D eigenvalue weighted by atomic mass is 19.1. The molecule has 2 aliphatic heterocycles. The molecule has 1 aromatic carbocycles. The van der Waals surface area contributed by atoms with E-state index in [-0.39, 0.29) is 11.7 Å². The molecule has 1 aromatic heterocycles. The van der Waals surface area contributed by atoms with E-state index in [0.717, 1.165) is 45.0 Å². The quantitative estimate of drug-likeness (QED) is 0.841. The molecule has 4 rings (SSSR count). The van der Waals surface area contributed by atoms with E-state index in [9.17, 15) is 9.18 Å². The van der Waals surface area contributed by atoms with Gasteiger partial charge in [0.1, 0.15) is 17.1 Å². The maximum Gasteiger partial charge on any atom is 0.259 e. The Labute approximate surface area is 152 Å². The Hall–Kier alpha value is -2.41. The van der Waals surface area contributed by atoms with Gasteiger partial charge >= 0.3 is 0 Å². The summed E-state index contributed by atoms with van der Waals surface area (Å²) < 4.78 is 18.2. The van der Waals surface area contributed by atoms with Gasteiger partial charge in [-0.3, -0.25) is 9.69 Å². The summed E-state index contributed by atoms with van der Waals surface area (Å²) in [6.07, 6.45) is 0. The van der Waals surface area contributed by atoms with Crippen LogP contribution >= 0.6 is 0 Å². The summed E-state index contributed by atoms with van der Waals surface area (Å²) in [5, 5.41) is 3.87. The van der Waals surface area contributed by atoms with Gasteiger partial charge in [0.2, 0.25) is 0 Å². The van der Waals surface area contributed by atoms with Crippen LogP contribution < -0.4 is 4.90 Å². The average Bonchev–Trinajstić information content (AvgIpc) is 2.93. The first-order valence-electron chi connectivity index (χ1n) is 8.99. The first-order chi connectivity index (χ1) is 12.5. The molecule has 0 spiro atoms. The van der Waals surface area contributed by atoms with Crippen LogP contribution in [0.25, 0.3) is 0 Å². The minimum absolute atomic E-state index is 0.0162. The van der Waals surface area contributed by atoms with Gasteiger partial charge in [-0.15, -0.1) is 0 Å². The molecule has 3 heterocycles. The largest absolute Gasteiger partial charge is 0.369 e. The number of carbonyl (C=O) groups is 1. The first-order valence-corrected chi connectivity index (χ1v) is 8.99. The topological polar surface area (TPSA) is 52.8 Å². The van der Waals surface area contributed by atoms with Crippen LogP contribution in [0.1, 0.15) is 21.8 Å². The number of benzene rings is 1. The van der Waals surface area contributed by atoms with E-state index >= 15 is 0 Å². The van der Waals surface area contributed by atoms with Crippen molar-refractivity contribution >= 4 is 11.6 Å². The number of hydrogen-bond acceptors (Lipinski definition) is 5. The van der Waals surface area contributed by atoms with Crippen molar-refractivity contribution in [1.29, 1.82) is 0 Å². The third kappa shape index (κ3) is 3.07. The molecule has 6 nitrogen and oxygen atoms in total. The van der Waals surface area contributed by atoms with Crippen molar-refractivity contribution in [2.45, 2.75) is 19.9 Å². The summed E-state index contributed by atoms with van der Waals surface area (Å²) in [7, 11) is 0. The van der Waals surface area contributed by atoms with Crippen LogP contribution in [0.2, 0.25) is 0 Å². The number of nitrogens with zero attached hydrogens (tertiary/aromatic N) is 4. The Balaban J connectivity index is 1.29. The van der Waals surface area contributed by atoms with Crippen molar-refractivity contribution in [1.82, 2.24) is 15.0 Å². The predicted molar refractivity (Wildman–Crippen MR) is 95.9 cm³/mol. The van der Waals surface area contributed by atoms with Gasteiger partial charge < -0.3 is 14.3 Å². The van der Waals surface area contributed by atoms with E-state index in [0.29, 0.717) is 23.1 Å². The minimum Gasteiger partial charge on any atom is -0.369 e. The molecule has 2 aliphatic rings. The summed E-state index contributed by atoms with van der Waals surface area (Å²) in [4.78, 5) is 19.2. The third-order valence-corrected chi connectivity index (χ3v) is 5.42. The fraction of sp³-hybridized carbons (Fsp3) is 0.474. The number of amides is 1. The molecule has 2 saturated heterocycles. The van der Waals surface area contributed by atoms with E-state index < -0.39 is 0 Å². The zero-order valence-electron chi connectivity index (χ0n) is 15.1. The predicted octanol–water partition coefficient (Wildman–Crippen LogP) is 2.08. The van der Waals surface area contributed by atoms with Crippen molar-refractivity contribution in [3.8, 4) is 0 Å². The molecule has 0 atom stereocenters. The summed E-state index contributed by atoms with van der Waals surface area (Å²) in [6.45, 7) is 8.82. The highest BCUT2D eigenvalue weighted by Gasteiger charge is 2.37. The van der Waals surface area contributed by atoms with Crippen LogP contribution in [-0.4, -0.2) is 66.2 Å². The zero-order valence-corrected chi connectivity index (χ0v) is 15.1. The van der Waals surface area contributed by atoms with Gasteiger partial charge in [0.05, 0.1) is 5.69 Å². The lowest BCUT2D eigenvalue weighted by atomic mass is 10.0. The van der Waals surface area contributed by atoms with Crippen LogP contribution in [0, 0.1) is 19.7 Å². The number of carbonyl (C=O) groups excluding carboxylic acids is 1. The SMILES string of the molecule is Cc1noc(C)c1C(=O)N1CC(N2CCN(c3ccc(F)cc3)CC2)C1. The van der Waals surface area contributed by atoms with Gasteiger partial charge in [-0.25, -0.2) is 4.39 Å². The number of likely N-dealkylation sites (tertiary alicyclic amines) is 1. The van der Waals surface area contributed by atoms with Crippen molar-refractivity contribution < 1.29 is 13.7 Å². The van der Waals surface area contributed by atoms with Crippen molar-refractivity contribution in [3.63, 3.8) is 0 Å². The fourth-order valence-electron chi connectivity index (χ4n) is 3.80. The molecule has 0 saturated carbocycles. The number of halogens is 1. The van der Waals surface area contributed by atoms with Crippen LogP contribution in [0.5, 0.6) is 0 Å². The highest BCUT2D eigenvalue weighted by Crippen LogP contribution is 2.24. The lowest BCUT2D eigenvalue weighted by Gasteiger charge is -2.48. The Bertz CT molecular complexity index is 771. The van der Waals surface area contributed by atoms with E-state index in [2.05, 4.69) is 15.0 Å². The normalized spacial score (nSPS) is 18.9. The fourth-order valence-corrected chi connectivity index (χ4v) is 3.80. The Morgan fingerprint density at radius 2 is 1.77 bits per heavy atom. The molecule has 26 heavy (non-hydrogen) atoms. The molecular weight excluding hydrogens is 335 g/mol.